The Morgan fingerprint density at radius 1 is 0.933 bits per heavy atom. The Hall–Kier alpha value is -2.30. The molecule has 3 aromatic rings. The third-order valence-electron chi connectivity index (χ3n) is 2.40. The van der Waals surface area contributed by atoms with Gasteiger partial charge < -0.3 is 4.98 Å². The molecule has 5 heteroatoms. The molecule has 0 amide bonds. The van der Waals surface area contributed by atoms with Gasteiger partial charge >= 0.3 is 5.69 Å². The molecule has 3 rings (SSSR count). The van der Waals surface area contributed by atoms with Crippen molar-refractivity contribution >= 4 is 21.9 Å². The number of aromatic nitrogens is 3. The van der Waals surface area contributed by atoms with Crippen LogP contribution in [-0.4, -0.2) is 15.0 Å². The summed E-state index contributed by atoms with van der Waals surface area (Å²) in [6, 6.07) is 7.40. The summed E-state index contributed by atoms with van der Waals surface area (Å²) in [7, 11) is 0. The van der Waals surface area contributed by atoms with Gasteiger partial charge in [0.15, 0.2) is 0 Å². The van der Waals surface area contributed by atoms with Crippen LogP contribution >= 0.6 is 0 Å². The minimum atomic E-state index is -0.501. The number of aromatic amines is 3. The lowest BCUT2D eigenvalue weighted by atomic mass is 10.2. The van der Waals surface area contributed by atoms with Gasteiger partial charge in [-0.15, -0.1) is 0 Å². The van der Waals surface area contributed by atoms with Crippen LogP contribution in [0.4, 0.5) is 0 Å². The van der Waals surface area contributed by atoms with E-state index in [0.717, 1.165) is 10.9 Å². The van der Waals surface area contributed by atoms with Gasteiger partial charge in [-0.05, 0) is 6.07 Å². The van der Waals surface area contributed by atoms with Gasteiger partial charge in [0.2, 0.25) is 0 Å². The third kappa shape index (κ3) is 1.03. The third-order valence-corrected chi connectivity index (χ3v) is 2.40. The zero-order valence-electron chi connectivity index (χ0n) is 7.63. The second-order valence-corrected chi connectivity index (χ2v) is 3.33. The lowest BCUT2D eigenvalue weighted by Gasteiger charge is -1.87. The number of nitrogens with one attached hydrogen (secondary N) is 3. The normalized spacial score (nSPS) is 11.2. The number of para-hydroxylation sites is 1. The predicted octanol–water partition coefficient (Wildman–Crippen LogP) is 0.698. The Morgan fingerprint density at radius 2 is 1.73 bits per heavy atom. The van der Waals surface area contributed by atoms with Crippen molar-refractivity contribution in [3.63, 3.8) is 0 Å². The number of hydrogen-bond donors (Lipinski definition) is 3. The number of rotatable bonds is 0. The summed E-state index contributed by atoms with van der Waals surface area (Å²) in [5.41, 5.74) is 0.426. The Balaban J connectivity index is 2.73. The van der Waals surface area contributed by atoms with Gasteiger partial charge in [-0.1, -0.05) is 18.2 Å². The zero-order chi connectivity index (χ0) is 10.4. The summed E-state index contributed by atoms with van der Waals surface area (Å²) in [4.78, 5) is 30.4. The van der Waals surface area contributed by atoms with Crippen LogP contribution in [0.15, 0.2) is 33.9 Å². The molecule has 1 aromatic carbocycles. The van der Waals surface area contributed by atoms with Gasteiger partial charge in [0.05, 0.1) is 5.39 Å². The van der Waals surface area contributed by atoms with Crippen LogP contribution in [0.1, 0.15) is 0 Å². The molecule has 2 aromatic heterocycles. The van der Waals surface area contributed by atoms with E-state index in [4.69, 9.17) is 0 Å². The average Bonchev–Trinajstić information content (AvgIpc) is 2.54. The molecule has 3 N–H and O–H groups in total. The highest BCUT2D eigenvalue weighted by Crippen LogP contribution is 2.19. The fourth-order valence-electron chi connectivity index (χ4n) is 1.78. The van der Waals surface area contributed by atoms with Gasteiger partial charge in [-0.25, -0.2) is 4.79 Å². The molecule has 0 aliphatic heterocycles. The van der Waals surface area contributed by atoms with Crippen molar-refractivity contribution in [3.05, 3.63) is 45.1 Å². The highest BCUT2D eigenvalue weighted by molar-refractivity contribution is 6.05. The van der Waals surface area contributed by atoms with Crippen LogP contribution in [0.3, 0.4) is 0 Å². The van der Waals surface area contributed by atoms with E-state index in [-0.39, 0.29) is 5.56 Å². The molecular weight excluding hydrogens is 194 g/mol. The second-order valence-electron chi connectivity index (χ2n) is 3.33. The molecule has 15 heavy (non-hydrogen) atoms. The maximum absolute atomic E-state index is 11.6. The van der Waals surface area contributed by atoms with Crippen LogP contribution in [0, 0.1) is 0 Å². The van der Waals surface area contributed by atoms with E-state index in [0.29, 0.717) is 11.0 Å². The number of H-pyrrole nitrogens is 3. The zero-order valence-corrected chi connectivity index (χ0v) is 7.63. The van der Waals surface area contributed by atoms with Crippen molar-refractivity contribution in [3.8, 4) is 0 Å². The summed E-state index contributed by atoms with van der Waals surface area (Å²) in [5.74, 6) is 0. The first-order valence-electron chi connectivity index (χ1n) is 4.49. The Kier molecular flexibility index (Phi) is 1.39. The highest BCUT2D eigenvalue weighted by atomic mass is 16.2. The Labute approximate surface area is 82.8 Å². The summed E-state index contributed by atoms with van der Waals surface area (Å²) in [6.07, 6.45) is 0. The summed E-state index contributed by atoms with van der Waals surface area (Å²) in [6.45, 7) is 0. The molecule has 0 aliphatic rings. The van der Waals surface area contributed by atoms with Crippen molar-refractivity contribution in [1.29, 1.82) is 0 Å². The summed E-state index contributed by atoms with van der Waals surface area (Å²) in [5, 5.41) is 1.30. The molecule has 0 atom stereocenters. The standard InChI is InChI=1S/C10H7N3O2/c14-9-7-5-3-1-2-4-6(5)11-8(7)12-10(15)13-9/h1-4H,(H3,11,12,13,14,15). The maximum atomic E-state index is 11.6. The fraction of sp³-hybridized carbons (Fsp3) is 0. The maximum Gasteiger partial charge on any atom is 0.327 e. The van der Waals surface area contributed by atoms with Gasteiger partial charge in [0, 0.05) is 10.9 Å². The predicted molar refractivity (Wildman–Crippen MR) is 57.0 cm³/mol. The molecule has 0 unspecified atom stereocenters. The first-order chi connectivity index (χ1) is 7.25. The van der Waals surface area contributed by atoms with Crippen LogP contribution in [-0.2, 0) is 0 Å². The first-order valence-corrected chi connectivity index (χ1v) is 4.49. The number of fused-ring (bicyclic) bond motifs is 3. The average molecular weight is 201 g/mol. The Morgan fingerprint density at radius 3 is 2.60 bits per heavy atom. The van der Waals surface area contributed by atoms with E-state index in [2.05, 4.69) is 15.0 Å². The van der Waals surface area contributed by atoms with Gasteiger partial charge in [0.25, 0.3) is 5.56 Å². The molecule has 2 heterocycles. The largest absolute Gasteiger partial charge is 0.340 e. The summed E-state index contributed by atoms with van der Waals surface area (Å²) < 4.78 is 0. The van der Waals surface area contributed by atoms with Gasteiger partial charge in [-0.2, -0.15) is 0 Å². The van der Waals surface area contributed by atoms with Crippen LogP contribution in [0.5, 0.6) is 0 Å². The minimum absolute atomic E-state index is 0.369. The van der Waals surface area contributed by atoms with E-state index < -0.39 is 5.69 Å². The molecule has 0 radical (unpaired) electrons. The molecule has 0 saturated carbocycles. The Bertz CT molecular complexity index is 763. The van der Waals surface area contributed by atoms with Crippen molar-refractivity contribution < 1.29 is 0 Å². The SMILES string of the molecule is O=c1[nH]c(=O)c2c([nH]1)[nH]c1ccccc12. The fourth-order valence-corrected chi connectivity index (χ4v) is 1.78. The van der Waals surface area contributed by atoms with Crippen molar-refractivity contribution in [2.45, 2.75) is 0 Å². The van der Waals surface area contributed by atoms with Crippen molar-refractivity contribution in [2.75, 3.05) is 0 Å². The monoisotopic (exact) mass is 201 g/mol. The molecule has 0 saturated heterocycles. The van der Waals surface area contributed by atoms with Crippen LogP contribution < -0.4 is 11.2 Å². The quantitative estimate of drug-likeness (QED) is 0.500. The lowest BCUT2D eigenvalue weighted by molar-refractivity contribution is 1.07. The molecule has 0 aliphatic carbocycles. The van der Waals surface area contributed by atoms with Crippen LogP contribution in [0.25, 0.3) is 21.9 Å². The molecule has 74 valence electrons. The smallest absolute Gasteiger partial charge is 0.327 e. The van der Waals surface area contributed by atoms with E-state index in [1.165, 1.54) is 0 Å². The van der Waals surface area contributed by atoms with Gasteiger partial charge in [-0.3, -0.25) is 14.8 Å². The van der Waals surface area contributed by atoms with Crippen LogP contribution in [0.2, 0.25) is 0 Å². The summed E-state index contributed by atoms with van der Waals surface area (Å²) >= 11 is 0. The lowest BCUT2D eigenvalue weighted by Crippen LogP contribution is -2.21. The molecule has 0 fully saturated rings. The van der Waals surface area contributed by atoms with E-state index in [1.54, 1.807) is 0 Å². The van der Waals surface area contributed by atoms with E-state index in [9.17, 15) is 9.59 Å². The topological polar surface area (TPSA) is 81.5 Å². The van der Waals surface area contributed by atoms with Crippen molar-refractivity contribution in [2.24, 2.45) is 0 Å². The highest BCUT2D eigenvalue weighted by Gasteiger charge is 2.07. The van der Waals surface area contributed by atoms with E-state index in [1.807, 2.05) is 24.3 Å². The van der Waals surface area contributed by atoms with Gasteiger partial charge in [0.1, 0.15) is 5.65 Å². The molecular formula is C10H7N3O2. The molecule has 0 spiro atoms. The number of benzene rings is 1. The minimum Gasteiger partial charge on any atom is -0.340 e. The molecule has 0 bridgehead atoms. The number of hydrogen-bond acceptors (Lipinski definition) is 2. The first kappa shape index (κ1) is 8.05. The molecule has 5 nitrogen and oxygen atoms in total. The van der Waals surface area contributed by atoms with Crippen molar-refractivity contribution in [1.82, 2.24) is 15.0 Å². The second kappa shape index (κ2) is 2.60. The van der Waals surface area contributed by atoms with E-state index >= 15 is 0 Å².